The molecule has 1 aromatic heterocycles. The van der Waals surface area contributed by atoms with Crippen molar-refractivity contribution in [2.24, 2.45) is 5.73 Å². The Labute approximate surface area is 142 Å². The van der Waals surface area contributed by atoms with E-state index in [9.17, 15) is 4.79 Å². The number of piperidine rings is 1. The maximum Gasteiger partial charge on any atom is 0.242 e. The molecule has 2 fully saturated rings. The highest BCUT2D eigenvalue weighted by Gasteiger charge is 2.48. The van der Waals surface area contributed by atoms with Crippen LogP contribution in [0.4, 0.5) is 0 Å². The third-order valence-electron chi connectivity index (χ3n) is 5.43. The molecule has 0 radical (unpaired) electrons. The van der Waals surface area contributed by atoms with Gasteiger partial charge < -0.3 is 15.2 Å². The molecule has 24 heavy (non-hydrogen) atoms. The number of hydrogen-bond donors (Lipinski definition) is 1. The molecule has 2 aliphatic rings. The van der Waals surface area contributed by atoms with Crippen LogP contribution >= 0.6 is 0 Å². The number of fused-ring (bicyclic) bond motifs is 1. The number of para-hydroxylation sites is 2. The second-order valence-corrected chi connectivity index (χ2v) is 7.67. The Morgan fingerprint density at radius 3 is 2.79 bits per heavy atom. The predicted molar refractivity (Wildman–Crippen MR) is 94.8 cm³/mol. The summed E-state index contributed by atoms with van der Waals surface area (Å²) in [7, 11) is 0. The Morgan fingerprint density at radius 2 is 2.08 bits per heavy atom. The van der Waals surface area contributed by atoms with Gasteiger partial charge in [0.1, 0.15) is 5.82 Å². The monoisotopic (exact) mass is 326 g/mol. The smallest absolute Gasteiger partial charge is 0.242 e. The molecule has 1 aliphatic heterocycles. The van der Waals surface area contributed by atoms with Crippen LogP contribution in [0.2, 0.25) is 0 Å². The summed E-state index contributed by atoms with van der Waals surface area (Å²) in [5.41, 5.74) is 7.79. The van der Waals surface area contributed by atoms with Gasteiger partial charge in [0.05, 0.1) is 16.6 Å². The molecule has 0 spiro atoms. The molecule has 1 atom stereocenters. The molecule has 1 aliphatic carbocycles. The van der Waals surface area contributed by atoms with E-state index in [4.69, 9.17) is 10.7 Å². The Hall–Kier alpha value is -1.88. The molecule has 2 heterocycles. The summed E-state index contributed by atoms with van der Waals surface area (Å²) in [6.45, 7) is 5.97. The number of likely N-dealkylation sites (tertiary alicyclic amines) is 1. The molecule has 1 aromatic carbocycles. The molecular formula is C19H26N4O. The Kier molecular flexibility index (Phi) is 3.64. The summed E-state index contributed by atoms with van der Waals surface area (Å²) in [5.74, 6) is 1.55. The molecule has 0 bridgehead atoms. The van der Waals surface area contributed by atoms with Gasteiger partial charge in [-0.25, -0.2) is 4.98 Å². The molecule has 5 nitrogen and oxygen atoms in total. The van der Waals surface area contributed by atoms with Gasteiger partial charge in [-0.15, -0.1) is 0 Å². The summed E-state index contributed by atoms with van der Waals surface area (Å²) in [6, 6.07) is 8.65. The third kappa shape index (κ3) is 2.51. The number of benzene rings is 1. The van der Waals surface area contributed by atoms with Crippen LogP contribution in [0.3, 0.4) is 0 Å². The van der Waals surface area contributed by atoms with Gasteiger partial charge in [0, 0.05) is 25.0 Å². The number of rotatable bonds is 3. The lowest BCUT2D eigenvalue weighted by molar-refractivity contribution is -0.134. The van der Waals surface area contributed by atoms with Gasteiger partial charge in [-0.05, 0) is 51.7 Å². The number of carbonyl (C=O) groups excluding carboxylic acids is 1. The van der Waals surface area contributed by atoms with Crippen molar-refractivity contribution in [2.75, 3.05) is 13.1 Å². The summed E-state index contributed by atoms with van der Waals surface area (Å²) < 4.78 is 2.34. The first-order valence-electron chi connectivity index (χ1n) is 9.05. The van der Waals surface area contributed by atoms with Gasteiger partial charge in [-0.3, -0.25) is 4.79 Å². The maximum atomic E-state index is 12.6. The largest absolute Gasteiger partial charge is 0.340 e. The van der Waals surface area contributed by atoms with Crippen LogP contribution in [0.1, 0.15) is 57.3 Å². The highest BCUT2D eigenvalue weighted by atomic mass is 16.2. The zero-order valence-corrected chi connectivity index (χ0v) is 14.5. The molecule has 5 heteroatoms. The lowest BCUT2D eigenvalue weighted by Gasteiger charge is -2.34. The summed E-state index contributed by atoms with van der Waals surface area (Å²) >= 11 is 0. The molecule has 1 amide bonds. The molecule has 4 rings (SSSR count). The average molecular weight is 326 g/mol. The highest BCUT2D eigenvalue weighted by Crippen LogP contribution is 2.37. The van der Waals surface area contributed by atoms with Gasteiger partial charge in [0.15, 0.2) is 0 Å². The molecule has 2 aromatic rings. The van der Waals surface area contributed by atoms with Crippen LogP contribution in [0, 0.1) is 0 Å². The van der Waals surface area contributed by atoms with E-state index in [2.05, 4.69) is 36.6 Å². The number of nitrogens with two attached hydrogens (primary N) is 1. The minimum Gasteiger partial charge on any atom is -0.340 e. The van der Waals surface area contributed by atoms with Crippen molar-refractivity contribution in [1.82, 2.24) is 14.5 Å². The van der Waals surface area contributed by atoms with Gasteiger partial charge in [0.25, 0.3) is 0 Å². The zero-order chi connectivity index (χ0) is 16.9. The van der Waals surface area contributed by atoms with E-state index in [1.54, 1.807) is 0 Å². The summed E-state index contributed by atoms with van der Waals surface area (Å²) in [6.07, 6.45) is 3.76. The van der Waals surface area contributed by atoms with Crippen molar-refractivity contribution in [3.8, 4) is 0 Å². The van der Waals surface area contributed by atoms with Gasteiger partial charge in [-0.1, -0.05) is 12.1 Å². The van der Waals surface area contributed by atoms with Crippen LogP contribution in [0.25, 0.3) is 11.0 Å². The zero-order valence-electron chi connectivity index (χ0n) is 14.5. The van der Waals surface area contributed by atoms with Crippen molar-refractivity contribution in [3.63, 3.8) is 0 Å². The van der Waals surface area contributed by atoms with Crippen molar-refractivity contribution in [3.05, 3.63) is 30.1 Å². The number of nitrogens with zero attached hydrogens (tertiary/aromatic N) is 3. The van der Waals surface area contributed by atoms with Crippen molar-refractivity contribution < 1.29 is 4.79 Å². The lowest BCUT2D eigenvalue weighted by Crippen LogP contribution is -2.49. The lowest BCUT2D eigenvalue weighted by atomic mass is 9.96. The van der Waals surface area contributed by atoms with Crippen LogP contribution in [0.15, 0.2) is 24.3 Å². The first kappa shape index (κ1) is 15.6. The van der Waals surface area contributed by atoms with Crippen LogP contribution in [-0.4, -0.2) is 39.0 Å². The number of hydrogen-bond acceptors (Lipinski definition) is 3. The van der Waals surface area contributed by atoms with E-state index in [0.29, 0.717) is 12.0 Å². The fourth-order valence-corrected chi connectivity index (χ4v) is 3.93. The molecule has 1 saturated carbocycles. The molecule has 1 saturated heterocycles. The second kappa shape index (κ2) is 5.59. The SMILES string of the molecule is CC(C)n1c(C2CCCN(C(=O)C3(N)CC3)C2)nc2ccccc21. The van der Waals surface area contributed by atoms with Crippen molar-refractivity contribution in [1.29, 1.82) is 0 Å². The normalized spacial score (nSPS) is 23.0. The van der Waals surface area contributed by atoms with E-state index in [1.807, 2.05) is 11.0 Å². The van der Waals surface area contributed by atoms with Crippen LogP contribution in [-0.2, 0) is 4.79 Å². The Bertz CT molecular complexity index is 775. The van der Waals surface area contributed by atoms with Crippen LogP contribution in [0.5, 0.6) is 0 Å². The summed E-state index contributed by atoms with van der Waals surface area (Å²) in [4.78, 5) is 19.5. The van der Waals surface area contributed by atoms with Gasteiger partial charge in [0.2, 0.25) is 5.91 Å². The second-order valence-electron chi connectivity index (χ2n) is 7.67. The molecule has 1 unspecified atom stereocenters. The van der Waals surface area contributed by atoms with Crippen molar-refractivity contribution in [2.45, 2.75) is 57.0 Å². The first-order chi connectivity index (χ1) is 11.5. The average Bonchev–Trinajstić information content (AvgIpc) is 3.21. The number of aromatic nitrogens is 2. The number of carbonyl (C=O) groups is 1. The molecular weight excluding hydrogens is 300 g/mol. The predicted octanol–water partition coefficient (Wildman–Crippen LogP) is 2.81. The van der Waals surface area contributed by atoms with E-state index >= 15 is 0 Å². The quantitative estimate of drug-likeness (QED) is 0.943. The fourth-order valence-electron chi connectivity index (χ4n) is 3.93. The maximum absolute atomic E-state index is 12.6. The van der Waals surface area contributed by atoms with Gasteiger partial charge in [-0.2, -0.15) is 0 Å². The molecule has 128 valence electrons. The van der Waals surface area contributed by atoms with Crippen LogP contribution < -0.4 is 5.73 Å². The fraction of sp³-hybridized carbons (Fsp3) is 0.579. The van der Waals surface area contributed by atoms with E-state index in [-0.39, 0.29) is 5.91 Å². The standard InChI is InChI=1S/C19H26N4O/c1-13(2)23-16-8-4-3-7-15(16)21-17(23)14-6-5-11-22(12-14)18(24)19(20)9-10-19/h3-4,7-8,13-14H,5-6,9-12,20H2,1-2H3. The minimum atomic E-state index is -0.569. The van der Waals surface area contributed by atoms with Gasteiger partial charge >= 0.3 is 0 Å². The number of amides is 1. The van der Waals surface area contributed by atoms with E-state index in [1.165, 1.54) is 5.52 Å². The topological polar surface area (TPSA) is 64.2 Å². The highest BCUT2D eigenvalue weighted by molar-refractivity contribution is 5.89. The van der Waals surface area contributed by atoms with E-state index in [0.717, 1.165) is 50.1 Å². The summed E-state index contributed by atoms with van der Waals surface area (Å²) in [5, 5.41) is 0. The molecule has 2 N–H and O–H groups in total. The van der Waals surface area contributed by atoms with E-state index < -0.39 is 5.54 Å². The Balaban J connectivity index is 1.66. The van der Waals surface area contributed by atoms with Crippen molar-refractivity contribution >= 4 is 16.9 Å². The number of imidazole rings is 1. The Morgan fingerprint density at radius 1 is 1.33 bits per heavy atom. The minimum absolute atomic E-state index is 0.138. The third-order valence-corrected chi connectivity index (χ3v) is 5.43. The first-order valence-corrected chi connectivity index (χ1v) is 9.05.